The maximum Gasteiger partial charge on any atom is 0.342 e. The van der Waals surface area contributed by atoms with Gasteiger partial charge in [-0.05, 0) is 29.7 Å². The summed E-state index contributed by atoms with van der Waals surface area (Å²) in [5.41, 5.74) is -4.38. The Hall–Kier alpha value is -4.10. The Morgan fingerprint density at radius 1 is 0.967 bits per heavy atom. The summed E-state index contributed by atoms with van der Waals surface area (Å²) in [6.45, 7) is 0. The Labute approximate surface area is 176 Å². The molecule has 142 valence electrons. The molecule has 1 atom stereocenters. The molecule has 6 nitrogen and oxygen atoms in total. The van der Waals surface area contributed by atoms with Crippen LogP contribution in [0.1, 0.15) is 22.6 Å². The van der Waals surface area contributed by atoms with E-state index in [2.05, 4.69) is 0 Å². The van der Waals surface area contributed by atoms with Gasteiger partial charge in [0.05, 0.1) is 29.8 Å². The van der Waals surface area contributed by atoms with Crippen LogP contribution < -0.4 is 5.63 Å². The van der Waals surface area contributed by atoms with Crippen molar-refractivity contribution in [2.75, 3.05) is 0 Å². The van der Waals surface area contributed by atoms with Crippen molar-refractivity contribution < 1.29 is 4.42 Å². The van der Waals surface area contributed by atoms with Gasteiger partial charge in [-0.1, -0.05) is 41.9 Å². The zero-order chi connectivity index (χ0) is 21.5. The van der Waals surface area contributed by atoms with Crippen molar-refractivity contribution in [3.05, 3.63) is 80.7 Å². The van der Waals surface area contributed by atoms with E-state index in [9.17, 15) is 25.8 Å². The highest BCUT2D eigenvalue weighted by molar-refractivity contribution is 6.31. The Morgan fingerprint density at radius 2 is 1.63 bits per heavy atom. The smallest absolute Gasteiger partial charge is 0.342 e. The van der Waals surface area contributed by atoms with Gasteiger partial charge in [0, 0.05) is 22.4 Å². The predicted octanol–water partition coefficient (Wildman–Crippen LogP) is 4.10. The third-order valence-corrected chi connectivity index (χ3v) is 6.00. The highest BCUT2D eigenvalue weighted by atomic mass is 35.5. The first-order valence-corrected chi connectivity index (χ1v) is 9.31. The summed E-state index contributed by atoms with van der Waals surface area (Å²) < 4.78 is 5.36. The zero-order valence-electron chi connectivity index (χ0n) is 15.4. The molecule has 0 saturated carbocycles. The van der Waals surface area contributed by atoms with Crippen molar-refractivity contribution in [2.45, 2.75) is 17.8 Å². The number of nitrogens with zero attached hydrogens (tertiary/aromatic N) is 4. The standard InChI is InChI=1S/C23H11ClN4O2/c24-15-6-7-16-17-9-18(14-4-2-1-3-5-14)22(10-25,11-26)23(12-27,13-28)20(17)21(29)30-19(16)8-15/h1-8,18H,9H2/t18-/m0/s1. The van der Waals surface area contributed by atoms with Crippen molar-refractivity contribution >= 4 is 22.6 Å². The molecule has 0 spiro atoms. The Bertz CT molecular complexity index is 1390. The Kier molecular flexibility index (Phi) is 4.33. The molecule has 1 aromatic heterocycles. The topological polar surface area (TPSA) is 125 Å². The van der Waals surface area contributed by atoms with Crippen LogP contribution in [0, 0.1) is 50.7 Å². The van der Waals surface area contributed by atoms with Gasteiger partial charge in [0.15, 0.2) is 5.41 Å². The van der Waals surface area contributed by atoms with E-state index in [0.717, 1.165) is 0 Å². The molecule has 1 aliphatic carbocycles. The molecule has 7 heteroatoms. The third kappa shape index (κ3) is 2.29. The summed E-state index contributed by atoms with van der Waals surface area (Å²) in [6.07, 6.45) is 0.106. The highest BCUT2D eigenvalue weighted by Crippen LogP contribution is 2.56. The van der Waals surface area contributed by atoms with Gasteiger partial charge in [-0.25, -0.2) is 4.79 Å². The molecule has 0 aliphatic heterocycles. The molecule has 3 aromatic rings. The fraction of sp³-hybridized carbons (Fsp3) is 0.174. The Balaban J connectivity index is 2.21. The summed E-state index contributed by atoms with van der Waals surface area (Å²) in [7, 11) is 0. The van der Waals surface area contributed by atoms with Crippen LogP contribution in [0.15, 0.2) is 57.7 Å². The van der Waals surface area contributed by atoms with Gasteiger partial charge in [0.2, 0.25) is 5.41 Å². The molecule has 30 heavy (non-hydrogen) atoms. The lowest BCUT2D eigenvalue weighted by molar-refractivity contribution is 0.287. The number of nitriles is 4. The first-order valence-electron chi connectivity index (χ1n) is 8.93. The summed E-state index contributed by atoms with van der Waals surface area (Å²) in [5, 5.41) is 41.3. The maximum absolute atomic E-state index is 13.0. The first kappa shape index (κ1) is 19.2. The third-order valence-electron chi connectivity index (χ3n) is 5.76. The van der Waals surface area contributed by atoms with Crippen molar-refractivity contribution in [2.24, 2.45) is 5.41 Å². The van der Waals surface area contributed by atoms with Crippen LogP contribution in [0.4, 0.5) is 0 Å². The minimum atomic E-state index is -2.33. The maximum atomic E-state index is 13.0. The normalized spacial score (nSPS) is 18.2. The second-order valence-corrected chi connectivity index (χ2v) is 7.49. The lowest BCUT2D eigenvalue weighted by Crippen LogP contribution is -2.53. The molecule has 0 saturated heterocycles. The van der Waals surface area contributed by atoms with Gasteiger partial charge < -0.3 is 4.42 Å². The van der Waals surface area contributed by atoms with Crippen molar-refractivity contribution in [1.82, 2.24) is 0 Å². The zero-order valence-corrected chi connectivity index (χ0v) is 16.1. The number of hydrogen-bond acceptors (Lipinski definition) is 6. The van der Waals surface area contributed by atoms with Crippen LogP contribution in [-0.2, 0) is 11.8 Å². The molecule has 0 radical (unpaired) electrons. The van der Waals surface area contributed by atoms with Crippen LogP contribution in [0.3, 0.4) is 0 Å². The largest absolute Gasteiger partial charge is 0.422 e. The van der Waals surface area contributed by atoms with Gasteiger partial charge >= 0.3 is 5.63 Å². The van der Waals surface area contributed by atoms with Crippen molar-refractivity contribution in [1.29, 1.82) is 21.0 Å². The molecule has 0 bridgehead atoms. The van der Waals surface area contributed by atoms with E-state index in [0.29, 0.717) is 21.5 Å². The number of rotatable bonds is 1. The molecule has 2 aromatic carbocycles. The fourth-order valence-corrected chi connectivity index (χ4v) is 4.52. The molecular formula is C23H11ClN4O2. The van der Waals surface area contributed by atoms with Gasteiger partial charge in [-0.15, -0.1) is 0 Å². The minimum Gasteiger partial charge on any atom is -0.422 e. The molecule has 0 amide bonds. The predicted molar refractivity (Wildman–Crippen MR) is 107 cm³/mol. The van der Waals surface area contributed by atoms with Gasteiger partial charge in [0.25, 0.3) is 0 Å². The van der Waals surface area contributed by atoms with Gasteiger partial charge in [-0.2, -0.15) is 21.0 Å². The number of hydrogen-bond donors (Lipinski definition) is 0. The second kappa shape index (κ2) is 6.75. The van der Waals surface area contributed by atoms with E-state index < -0.39 is 22.4 Å². The lowest BCUT2D eigenvalue weighted by atomic mass is 9.50. The minimum absolute atomic E-state index is 0.106. The average molecular weight is 411 g/mol. The monoisotopic (exact) mass is 410 g/mol. The Morgan fingerprint density at radius 3 is 2.23 bits per heavy atom. The van der Waals surface area contributed by atoms with Crippen LogP contribution in [0.25, 0.3) is 11.0 Å². The van der Waals surface area contributed by atoms with E-state index in [1.54, 1.807) is 42.5 Å². The van der Waals surface area contributed by atoms with Crippen LogP contribution in [-0.4, -0.2) is 0 Å². The van der Waals surface area contributed by atoms with Crippen molar-refractivity contribution in [3.8, 4) is 24.3 Å². The second-order valence-electron chi connectivity index (χ2n) is 7.06. The van der Waals surface area contributed by atoms with Crippen LogP contribution in [0.5, 0.6) is 0 Å². The molecule has 0 fully saturated rings. The van der Waals surface area contributed by atoms with Crippen molar-refractivity contribution in [3.63, 3.8) is 0 Å². The number of fused-ring (bicyclic) bond motifs is 3. The van der Waals surface area contributed by atoms with Crippen LogP contribution >= 0.6 is 11.6 Å². The summed E-state index contributed by atoms with van der Waals surface area (Å²) in [5.74, 6) is -0.818. The summed E-state index contributed by atoms with van der Waals surface area (Å²) >= 11 is 6.03. The van der Waals surface area contributed by atoms with E-state index in [4.69, 9.17) is 16.0 Å². The van der Waals surface area contributed by atoms with E-state index >= 15 is 0 Å². The number of halogens is 1. The highest BCUT2D eigenvalue weighted by Gasteiger charge is 2.65. The molecule has 1 aliphatic rings. The quantitative estimate of drug-likeness (QED) is 0.556. The van der Waals surface area contributed by atoms with Gasteiger partial charge in [0.1, 0.15) is 5.58 Å². The fourth-order valence-electron chi connectivity index (χ4n) is 4.36. The molecule has 1 heterocycles. The van der Waals surface area contributed by atoms with E-state index in [1.165, 1.54) is 6.07 Å². The average Bonchev–Trinajstić information content (AvgIpc) is 2.78. The van der Waals surface area contributed by atoms with Crippen LogP contribution in [0.2, 0.25) is 5.02 Å². The lowest BCUT2D eigenvalue weighted by Gasteiger charge is -2.42. The molecule has 4 rings (SSSR count). The number of benzene rings is 2. The SMILES string of the molecule is N#CC1(C#N)c2c(c3ccc(Cl)cc3oc2=O)C[C@@H](c2ccccc2)C1(C#N)C#N. The van der Waals surface area contributed by atoms with E-state index in [1.807, 2.05) is 24.3 Å². The molecule has 0 N–H and O–H groups in total. The first-order chi connectivity index (χ1) is 14.5. The summed E-state index contributed by atoms with van der Waals surface area (Å²) in [6, 6.07) is 21.0. The van der Waals surface area contributed by atoms with Gasteiger partial charge in [-0.3, -0.25) is 0 Å². The molecule has 0 unspecified atom stereocenters. The van der Waals surface area contributed by atoms with E-state index in [-0.39, 0.29) is 17.6 Å². The molecular weight excluding hydrogens is 400 g/mol. The summed E-state index contributed by atoms with van der Waals surface area (Å²) in [4.78, 5) is 13.0.